The van der Waals surface area contributed by atoms with Gasteiger partial charge in [-0.3, -0.25) is 33.7 Å². The Balaban J connectivity index is 1.04. The standard InChI is InChI=1S/C59H62N14O11S6/c1-28(2)45-58-71-48(39(90-58)23-84-6)51(81)61-21-42(75)68-49(50(80)31-12-8-7-9-13-31)57-66-38(26-87-57)55-65-37(25-86-55)47-33(53-64-36(24-85-53)29(3)62-35(20-41(74)60-5)56-70-46(30(4)89-56)52(82)69-45)17-18-34(63-47)54-67-40(27-88-54)73-32(14-10-15-43(76)77)22-72(59(73)83)19-11-16-44(78)79/h7-9,12-13,17-18,24-28,32,35,45,49-50,62,80H,3,10-11,14-16,19-23H2,1-2,4-6H3,(H,60,74)(H,61,81)(H,68,75)(H,69,82)(H,76,77)(H,78,79)/t32?,35-,45?,49-,50-/m0/s1. The average molecular weight is 1340 g/mol. The lowest BCUT2D eigenvalue weighted by Gasteiger charge is -2.23. The van der Waals surface area contributed by atoms with E-state index in [4.69, 9.17) is 39.6 Å². The van der Waals surface area contributed by atoms with E-state index in [1.165, 1.54) is 82.2 Å². The van der Waals surface area contributed by atoms with E-state index in [2.05, 4.69) is 33.2 Å². The molecule has 8 aromatic rings. The molecule has 25 nitrogen and oxygen atoms in total. The van der Waals surface area contributed by atoms with Gasteiger partial charge in [0.05, 0.1) is 59.7 Å². The lowest BCUT2D eigenvalue weighted by Crippen LogP contribution is -2.40. The largest absolute Gasteiger partial charge is 0.481 e. The first-order chi connectivity index (χ1) is 43.3. The topological polar surface area (TPSA) is 346 Å². The molecular formula is C59H62N14O11S6. The van der Waals surface area contributed by atoms with Crippen LogP contribution in [0, 0.1) is 12.8 Å². The number of nitrogens with one attached hydrogen (secondary N) is 5. The highest BCUT2D eigenvalue weighted by Gasteiger charge is 2.40. The zero-order valence-corrected chi connectivity index (χ0v) is 54.1. The third kappa shape index (κ3) is 14.8. The Morgan fingerprint density at radius 3 is 2.18 bits per heavy atom. The first-order valence-electron chi connectivity index (χ1n) is 28.4. The zero-order valence-electron chi connectivity index (χ0n) is 49.2. The number of aliphatic hydroxyl groups excluding tert-OH is 1. The fourth-order valence-electron chi connectivity index (χ4n) is 10.1. The molecule has 2 aliphatic heterocycles. The highest BCUT2D eigenvalue weighted by molar-refractivity contribution is 7.15. The number of aryl methyl sites for hydroxylation is 1. The molecule has 1 aromatic carbocycles. The van der Waals surface area contributed by atoms with Gasteiger partial charge in [-0.1, -0.05) is 50.8 Å². The minimum absolute atomic E-state index is 0.00698. The Bertz CT molecular complexity index is 3990. The van der Waals surface area contributed by atoms with Crippen LogP contribution < -0.4 is 31.5 Å². The molecule has 31 heteroatoms. The van der Waals surface area contributed by atoms with Gasteiger partial charge in [0.15, 0.2) is 0 Å². The molecule has 90 heavy (non-hydrogen) atoms. The molecule has 1 fully saturated rings. The van der Waals surface area contributed by atoms with Gasteiger partial charge < -0.3 is 51.5 Å². The third-order valence-corrected chi connectivity index (χ3v) is 20.3. The number of carboxylic acids is 2. The second-order valence-corrected chi connectivity index (χ2v) is 27.1. The van der Waals surface area contributed by atoms with E-state index in [-0.39, 0.29) is 74.6 Å². The first-order valence-corrected chi connectivity index (χ1v) is 33.5. The average Bonchev–Trinajstić information content (AvgIpc) is 1.72. The maximum Gasteiger partial charge on any atom is 0.326 e. The minimum atomic E-state index is -1.29. The number of hydrogen-bond donors (Lipinski definition) is 8. The van der Waals surface area contributed by atoms with Crippen molar-refractivity contribution in [3.63, 3.8) is 0 Å². The molecule has 2 unspecified atom stereocenters. The van der Waals surface area contributed by atoms with Crippen LogP contribution in [0.2, 0.25) is 0 Å². The van der Waals surface area contributed by atoms with Crippen molar-refractivity contribution in [2.45, 2.75) is 96.2 Å². The lowest BCUT2D eigenvalue weighted by molar-refractivity contribution is -0.138. The van der Waals surface area contributed by atoms with Gasteiger partial charge in [-0.05, 0) is 49.8 Å². The number of ether oxygens (including phenoxy) is 1. The van der Waals surface area contributed by atoms with Crippen LogP contribution in [0.1, 0.15) is 134 Å². The number of amides is 6. The first kappa shape index (κ1) is 64.7. The second kappa shape index (κ2) is 28.7. The normalized spacial score (nSPS) is 17.8. The van der Waals surface area contributed by atoms with Crippen molar-refractivity contribution in [3.8, 4) is 43.4 Å². The lowest BCUT2D eigenvalue weighted by atomic mass is 10.0. The Morgan fingerprint density at radius 2 is 1.43 bits per heavy atom. The number of hydrogen-bond acceptors (Lipinski definition) is 23. The van der Waals surface area contributed by atoms with Gasteiger partial charge >= 0.3 is 18.0 Å². The van der Waals surface area contributed by atoms with Crippen molar-refractivity contribution >= 4 is 121 Å². The molecule has 6 amide bonds. The van der Waals surface area contributed by atoms with Gasteiger partial charge in [0.1, 0.15) is 76.5 Å². The summed E-state index contributed by atoms with van der Waals surface area (Å²) in [5, 5.41) is 55.2. The van der Waals surface area contributed by atoms with E-state index < -0.39 is 66.5 Å². The van der Waals surface area contributed by atoms with Gasteiger partial charge in [-0.25, -0.2) is 39.7 Å². The molecule has 10 rings (SSSR count). The Labute approximate surface area is 539 Å². The van der Waals surface area contributed by atoms with Crippen molar-refractivity contribution < 1.29 is 53.6 Å². The number of carboxylic acid groups (broad SMARTS) is 2. The Morgan fingerprint density at radius 1 is 0.733 bits per heavy atom. The van der Waals surface area contributed by atoms with E-state index in [1.54, 1.807) is 63.9 Å². The van der Waals surface area contributed by atoms with Crippen LogP contribution in [0.15, 0.2) is 70.6 Å². The Kier molecular flexibility index (Phi) is 20.6. The number of benzene rings is 1. The molecule has 5 atom stereocenters. The van der Waals surface area contributed by atoms with E-state index in [0.29, 0.717) is 104 Å². The molecule has 0 saturated carbocycles. The van der Waals surface area contributed by atoms with Gasteiger partial charge in [0, 0.05) is 72.0 Å². The molecule has 9 heterocycles. The zero-order chi connectivity index (χ0) is 63.9. The summed E-state index contributed by atoms with van der Waals surface area (Å²) in [6.45, 7) is 9.86. The van der Waals surface area contributed by atoms with Crippen LogP contribution >= 0.6 is 68.0 Å². The number of aromatic nitrogens is 7. The number of methoxy groups -OCH3 is 1. The predicted molar refractivity (Wildman–Crippen MR) is 343 cm³/mol. The molecule has 7 aromatic heterocycles. The number of fused-ring (bicyclic) bond motifs is 14. The summed E-state index contributed by atoms with van der Waals surface area (Å²) < 4.78 is 5.47. The number of urea groups is 1. The van der Waals surface area contributed by atoms with Crippen molar-refractivity contribution in [2.24, 2.45) is 5.92 Å². The summed E-state index contributed by atoms with van der Waals surface area (Å²) in [6, 6.07) is 9.03. The van der Waals surface area contributed by atoms with Crippen molar-refractivity contribution in [1.82, 2.24) is 66.4 Å². The summed E-state index contributed by atoms with van der Waals surface area (Å²) >= 11 is 7.44. The molecule has 0 radical (unpaired) electrons. The summed E-state index contributed by atoms with van der Waals surface area (Å²) in [7, 11) is 3.00. The number of carbonyl (C=O) groups is 7. The van der Waals surface area contributed by atoms with Crippen LogP contribution in [0.3, 0.4) is 0 Å². The van der Waals surface area contributed by atoms with Crippen LogP contribution in [-0.2, 0) is 30.5 Å². The SMILES string of the molecule is C=C1N[C@@H](CC(=O)NC)c2nc(c(C)s2)C(=O)NC(C(C)C)c2nc(c(COC)s2)C(=O)NCC(=O)N[C@@H]([C@@H](O)c2ccccc2)c2nc(cs2)-c2nc(cs2)-c2nc(-c3nc(N4C(=O)N(CCCC(=O)O)CC4CCCC(=O)O)cs3)ccc2-c2nc1cs2. The quantitative estimate of drug-likeness (QED) is 0.0422. The maximum absolute atomic E-state index is 14.3. The highest BCUT2D eigenvalue weighted by Crippen LogP contribution is 2.41. The molecule has 1 saturated heterocycles. The third-order valence-electron chi connectivity index (χ3n) is 14.6. The molecule has 0 aliphatic carbocycles. The molecule has 0 spiro atoms. The van der Waals surface area contributed by atoms with E-state index in [1.807, 2.05) is 30.7 Å². The van der Waals surface area contributed by atoms with Gasteiger partial charge in [-0.2, -0.15) is 0 Å². The number of rotatable bonds is 17. The van der Waals surface area contributed by atoms with E-state index >= 15 is 0 Å². The maximum atomic E-state index is 14.3. The summed E-state index contributed by atoms with van der Waals surface area (Å²) in [6.07, 6.45) is -0.678. The van der Waals surface area contributed by atoms with Crippen LogP contribution in [0.25, 0.3) is 49.1 Å². The highest BCUT2D eigenvalue weighted by atomic mass is 32.1. The smallest absolute Gasteiger partial charge is 0.326 e. The number of pyridine rings is 1. The van der Waals surface area contributed by atoms with Crippen molar-refractivity contribution in [1.29, 1.82) is 0 Å². The van der Waals surface area contributed by atoms with Crippen LogP contribution in [0.4, 0.5) is 10.6 Å². The van der Waals surface area contributed by atoms with E-state index in [9.17, 15) is 48.9 Å². The van der Waals surface area contributed by atoms with Crippen molar-refractivity contribution in [3.05, 3.63) is 118 Å². The van der Waals surface area contributed by atoms with Crippen LogP contribution in [0.5, 0.6) is 0 Å². The molecule has 10 bridgehead atoms. The van der Waals surface area contributed by atoms with Gasteiger partial charge in [0.2, 0.25) is 11.8 Å². The van der Waals surface area contributed by atoms with Crippen molar-refractivity contribution in [2.75, 3.05) is 38.7 Å². The van der Waals surface area contributed by atoms with E-state index in [0.717, 1.165) is 0 Å². The fraction of sp³-hybridized carbons (Fsp3) is 0.356. The Hall–Kier alpha value is -8.30. The predicted octanol–water partition coefficient (Wildman–Crippen LogP) is 8.87. The fourth-order valence-corrected chi connectivity index (χ4v) is 15.7. The molecule has 470 valence electrons. The number of anilines is 1. The second-order valence-electron chi connectivity index (χ2n) is 21.3. The number of thiazole rings is 6. The summed E-state index contributed by atoms with van der Waals surface area (Å²) in [4.78, 5) is 131. The monoisotopic (exact) mass is 1330 g/mol. The molecular weight excluding hydrogens is 1270 g/mol. The number of aliphatic carboxylic acids is 2. The van der Waals surface area contributed by atoms with Gasteiger partial charge in [0.25, 0.3) is 11.8 Å². The number of carbonyl (C=O) groups excluding carboxylic acids is 5. The summed E-state index contributed by atoms with van der Waals surface area (Å²) in [5.41, 5.74) is 3.67. The minimum Gasteiger partial charge on any atom is -0.481 e. The number of aliphatic hydroxyl groups is 1. The molecule has 8 N–H and O–H groups in total. The number of nitrogens with zero attached hydrogens (tertiary/aromatic N) is 9. The van der Waals surface area contributed by atoms with Crippen LogP contribution in [-0.4, -0.2) is 137 Å². The molecule has 2 aliphatic rings. The summed E-state index contributed by atoms with van der Waals surface area (Å²) in [5.74, 6) is -3.97. The van der Waals surface area contributed by atoms with Gasteiger partial charge in [-0.15, -0.1) is 68.0 Å².